The normalized spacial score (nSPS) is 51.2. The lowest BCUT2D eigenvalue weighted by Gasteiger charge is -2.57. The van der Waals surface area contributed by atoms with Crippen molar-refractivity contribution in [1.29, 1.82) is 0 Å². The summed E-state index contributed by atoms with van der Waals surface area (Å²) >= 11 is 0. The van der Waals surface area contributed by atoms with Crippen molar-refractivity contribution in [3.05, 3.63) is 11.6 Å². The lowest BCUT2D eigenvalue weighted by molar-refractivity contribution is -0.360. The van der Waals surface area contributed by atoms with E-state index in [4.69, 9.17) is 28.4 Å². The molecular weight excluding hydrogens is 828 g/mol. The van der Waals surface area contributed by atoms with Crippen LogP contribution in [0.4, 0.5) is 0 Å². The molecule has 7 rings (SSSR count). The van der Waals surface area contributed by atoms with Crippen molar-refractivity contribution in [1.82, 2.24) is 0 Å². The fourth-order valence-corrected chi connectivity index (χ4v) is 12.7. The molecule has 3 aliphatic heterocycles. The number of hydrogen-bond donors (Lipinski definition) is 11. The highest BCUT2D eigenvalue weighted by Crippen LogP contribution is 2.67. The third-order valence-electron chi connectivity index (χ3n) is 16.6. The van der Waals surface area contributed by atoms with Crippen LogP contribution in [0.1, 0.15) is 92.9 Å². The number of Topliss-reactive ketones (excluding diaryl/α,β-unsaturated/α-hetero) is 1. The zero-order chi connectivity index (χ0) is 46.0. The number of aliphatic hydroxyl groups is 11. The first-order valence-corrected chi connectivity index (χ1v) is 23.2. The van der Waals surface area contributed by atoms with Crippen molar-refractivity contribution >= 4 is 5.78 Å². The first kappa shape index (κ1) is 49.6. The first-order valence-electron chi connectivity index (χ1n) is 23.2. The lowest BCUT2D eigenvalue weighted by Crippen LogP contribution is -2.64. The molecule has 18 heteroatoms. The predicted molar refractivity (Wildman–Crippen MR) is 219 cm³/mol. The van der Waals surface area contributed by atoms with Gasteiger partial charge in [0.05, 0.1) is 37.6 Å². The van der Waals surface area contributed by atoms with Crippen molar-refractivity contribution in [2.45, 2.75) is 203 Å². The van der Waals surface area contributed by atoms with Crippen LogP contribution in [0.25, 0.3) is 0 Å². The Labute approximate surface area is 369 Å². The standard InChI is InChI=1S/C45H74O18/c1-18(2)7-10-26(48)19(3)31-27(60-43-38(56)35(53)33(51)28(16-46)61-43)14-25-23-9-8-21-13-22(11-12-44(21,5)24(23)15-30(49)45(25,31)6)59-42-39(57)36(54)40(29(17-47)62-42)63-41-37(55)34(52)32(50)20(4)58-41/h8,18-20,22-29,31-43,46-48,50-57H,7,9-17H2,1-6H3. The third kappa shape index (κ3) is 8.98. The third-order valence-corrected chi connectivity index (χ3v) is 16.6. The van der Waals surface area contributed by atoms with Crippen molar-refractivity contribution in [2.75, 3.05) is 13.2 Å². The summed E-state index contributed by atoms with van der Waals surface area (Å²) in [5, 5.41) is 117. The highest BCUT2D eigenvalue weighted by molar-refractivity contribution is 5.87. The highest BCUT2D eigenvalue weighted by Gasteiger charge is 2.67. The summed E-state index contributed by atoms with van der Waals surface area (Å²) in [6.45, 7) is 10.5. The molecule has 3 saturated heterocycles. The minimum absolute atomic E-state index is 0.0356. The number of rotatable bonds is 13. The molecule has 4 aliphatic carbocycles. The van der Waals surface area contributed by atoms with E-state index in [-0.39, 0.29) is 34.9 Å². The van der Waals surface area contributed by atoms with Crippen LogP contribution in [0.3, 0.4) is 0 Å². The fourth-order valence-electron chi connectivity index (χ4n) is 12.7. The first-order chi connectivity index (χ1) is 29.7. The van der Waals surface area contributed by atoms with E-state index in [0.717, 1.165) is 12.0 Å². The van der Waals surface area contributed by atoms with Crippen LogP contribution in [0.15, 0.2) is 11.6 Å². The molecule has 18 nitrogen and oxygen atoms in total. The Morgan fingerprint density at radius 1 is 0.730 bits per heavy atom. The topological polar surface area (TPSA) is 295 Å². The molecular formula is C45H74O18. The van der Waals surface area contributed by atoms with Crippen LogP contribution < -0.4 is 0 Å². The Morgan fingerprint density at radius 3 is 1.98 bits per heavy atom. The van der Waals surface area contributed by atoms with Crippen molar-refractivity contribution in [2.24, 2.45) is 46.3 Å². The number of ether oxygens (including phenoxy) is 6. The van der Waals surface area contributed by atoms with Crippen LogP contribution in [0, 0.1) is 46.3 Å². The maximum atomic E-state index is 14.9. The lowest BCUT2D eigenvalue weighted by atomic mass is 9.46. The summed E-state index contributed by atoms with van der Waals surface area (Å²) in [5.41, 5.74) is -0.176. The van der Waals surface area contributed by atoms with Crippen molar-refractivity contribution in [3.8, 4) is 0 Å². The van der Waals surface area contributed by atoms with Gasteiger partial charge in [0.1, 0.15) is 72.9 Å². The average Bonchev–Trinajstić information content (AvgIpc) is 3.56. The van der Waals surface area contributed by atoms with E-state index in [0.29, 0.717) is 50.9 Å². The van der Waals surface area contributed by atoms with Crippen LogP contribution >= 0.6 is 0 Å². The van der Waals surface area contributed by atoms with E-state index in [9.17, 15) is 61.0 Å². The highest BCUT2D eigenvalue weighted by atomic mass is 16.7. The van der Waals surface area contributed by atoms with Gasteiger partial charge in [0, 0.05) is 17.8 Å². The SMILES string of the molecule is CC(C)CCC(O)C(C)C1C(OC2OC(CO)C(O)C(O)C2O)CC2C3CC=C4CC(OC5OC(CO)C(OC6OC(C)C(O)C(O)C6O)C(O)C5O)CCC4(C)C3CC(=O)C21C. The van der Waals surface area contributed by atoms with E-state index in [1.54, 1.807) is 0 Å². The summed E-state index contributed by atoms with van der Waals surface area (Å²) in [6.07, 6.45) is -16.9. The summed E-state index contributed by atoms with van der Waals surface area (Å²) < 4.78 is 35.9. The molecule has 0 bridgehead atoms. The van der Waals surface area contributed by atoms with Gasteiger partial charge in [-0.2, -0.15) is 0 Å². The molecule has 0 amide bonds. The zero-order valence-corrected chi connectivity index (χ0v) is 37.3. The van der Waals surface area contributed by atoms with Gasteiger partial charge in [-0.25, -0.2) is 0 Å². The van der Waals surface area contributed by atoms with Gasteiger partial charge < -0.3 is 84.6 Å². The fraction of sp³-hybridized carbons (Fsp3) is 0.933. The number of hydrogen-bond acceptors (Lipinski definition) is 18. The molecule has 0 aromatic carbocycles. The molecule has 3 saturated carbocycles. The molecule has 7 aliphatic rings. The number of carbonyl (C=O) groups is 1. The maximum absolute atomic E-state index is 14.9. The summed E-state index contributed by atoms with van der Waals surface area (Å²) in [4.78, 5) is 14.9. The van der Waals surface area contributed by atoms with Gasteiger partial charge in [0.25, 0.3) is 0 Å². The van der Waals surface area contributed by atoms with Crippen LogP contribution in [0.5, 0.6) is 0 Å². The van der Waals surface area contributed by atoms with Gasteiger partial charge in [0.15, 0.2) is 18.9 Å². The average molecular weight is 903 g/mol. The Hall–Kier alpha value is -1.27. The quantitative estimate of drug-likeness (QED) is 0.0990. The number of aliphatic hydroxyl groups excluding tert-OH is 11. The van der Waals surface area contributed by atoms with E-state index in [2.05, 4.69) is 26.8 Å². The molecule has 0 aromatic rings. The predicted octanol–water partition coefficient (Wildman–Crippen LogP) is -0.990. The van der Waals surface area contributed by atoms with Gasteiger partial charge in [-0.3, -0.25) is 4.79 Å². The van der Waals surface area contributed by atoms with Crippen molar-refractivity contribution in [3.63, 3.8) is 0 Å². The smallest absolute Gasteiger partial charge is 0.187 e. The minimum Gasteiger partial charge on any atom is -0.394 e. The van der Waals surface area contributed by atoms with Gasteiger partial charge in [-0.1, -0.05) is 46.3 Å². The molecule has 25 unspecified atom stereocenters. The Balaban J connectivity index is 1.07. The van der Waals surface area contributed by atoms with E-state index >= 15 is 0 Å². The maximum Gasteiger partial charge on any atom is 0.187 e. The Kier molecular flexibility index (Phi) is 15.3. The largest absolute Gasteiger partial charge is 0.394 e. The van der Waals surface area contributed by atoms with Gasteiger partial charge in [-0.15, -0.1) is 0 Å². The molecule has 0 spiro atoms. The molecule has 25 atom stereocenters. The van der Waals surface area contributed by atoms with Crippen LogP contribution in [-0.2, 0) is 33.2 Å². The number of allylic oxidation sites excluding steroid dienone is 1. The van der Waals surface area contributed by atoms with E-state index in [1.807, 2.05) is 13.8 Å². The van der Waals surface area contributed by atoms with E-state index < -0.39 is 135 Å². The number of carbonyl (C=O) groups excluding carboxylic acids is 1. The number of ketones is 1. The van der Waals surface area contributed by atoms with Crippen molar-refractivity contribution < 1.29 is 89.4 Å². The van der Waals surface area contributed by atoms with Crippen LogP contribution in [0.2, 0.25) is 0 Å². The molecule has 0 radical (unpaired) electrons. The second-order valence-corrected chi connectivity index (χ2v) is 20.7. The van der Waals surface area contributed by atoms with Gasteiger partial charge in [-0.05, 0) is 86.9 Å². The number of fused-ring (bicyclic) bond motifs is 5. The zero-order valence-electron chi connectivity index (χ0n) is 37.3. The second kappa shape index (κ2) is 19.4. The summed E-state index contributed by atoms with van der Waals surface area (Å²) in [6, 6.07) is 0. The molecule has 63 heavy (non-hydrogen) atoms. The molecule has 6 fully saturated rings. The second-order valence-electron chi connectivity index (χ2n) is 20.7. The van der Waals surface area contributed by atoms with E-state index in [1.165, 1.54) is 6.92 Å². The molecule has 11 N–H and O–H groups in total. The Morgan fingerprint density at radius 2 is 1.33 bits per heavy atom. The Bertz CT molecular complexity index is 1600. The monoisotopic (exact) mass is 902 g/mol. The van der Waals surface area contributed by atoms with Gasteiger partial charge in [0.2, 0.25) is 0 Å². The molecule has 3 heterocycles. The van der Waals surface area contributed by atoms with Crippen LogP contribution in [-0.4, -0.2) is 186 Å². The summed E-state index contributed by atoms with van der Waals surface area (Å²) in [7, 11) is 0. The molecule has 362 valence electrons. The minimum atomic E-state index is -1.68. The molecule has 0 aromatic heterocycles. The summed E-state index contributed by atoms with van der Waals surface area (Å²) in [5.74, 6) is -0.562. The van der Waals surface area contributed by atoms with Gasteiger partial charge >= 0.3 is 0 Å².